The zero-order chi connectivity index (χ0) is 19.3. The summed E-state index contributed by atoms with van der Waals surface area (Å²) in [5.74, 6) is 2.18. The van der Waals surface area contributed by atoms with E-state index in [1.54, 1.807) is 23.5 Å². The van der Waals surface area contributed by atoms with Crippen LogP contribution in [-0.4, -0.2) is 48.9 Å². The fourth-order valence-corrected chi connectivity index (χ4v) is 3.84. The number of benzene rings is 1. The lowest BCUT2D eigenvalue weighted by atomic mass is 9.98. The molecule has 3 heterocycles. The number of carbonyl (C=O) groups excluding carboxylic acids is 1. The van der Waals surface area contributed by atoms with Crippen LogP contribution in [0.3, 0.4) is 0 Å². The van der Waals surface area contributed by atoms with Crippen molar-refractivity contribution in [2.75, 3.05) is 18.4 Å². The first-order valence-electron chi connectivity index (χ1n) is 9.19. The zero-order valence-corrected chi connectivity index (χ0v) is 16.4. The first-order chi connectivity index (χ1) is 13.7. The summed E-state index contributed by atoms with van der Waals surface area (Å²) in [4.78, 5) is 21.2. The van der Waals surface area contributed by atoms with Gasteiger partial charge in [0.05, 0.1) is 0 Å². The molecule has 0 radical (unpaired) electrons. The highest BCUT2D eigenvalue weighted by molar-refractivity contribution is 7.98. The normalized spacial score (nSPS) is 14.9. The van der Waals surface area contributed by atoms with E-state index in [1.807, 2.05) is 24.3 Å². The van der Waals surface area contributed by atoms with Gasteiger partial charge in [0.25, 0.3) is 5.91 Å². The van der Waals surface area contributed by atoms with Crippen LogP contribution < -0.4 is 10.6 Å². The van der Waals surface area contributed by atoms with E-state index in [4.69, 9.17) is 0 Å². The lowest BCUT2D eigenvalue weighted by Gasteiger charge is -2.19. The van der Waals surface area contributed by atoms with Crippen molar-refractivity contribution in [1.29, 1.82) is 0 Å². The molecule has 1 saturated heterocycles. The minimum atomic E-state index is -0.193. The predicted octanol–water partition coefficient (Wildman–Crippen LogP) is 1.94. The molecular formula is C18H22N8OS. The molecule has 10 heteroatoms. The number of hydrogen-bond acceptors (Lipinski definition) is 7. The highest BCUT2D eigenvalue weighted by Crippen LogP contribution is 2.23. The largest absolute Gasteiger partial charge is 0.317 e. The molecule has 0 unspecified atom stereocenters. The van der Waals surface area contributed by atoms with Crippen molar-refractivity contribution >= 4 is 23.6 Å². The lowest BCUT2D eigenvalue weighted by Crippen LogP contribution is -2.27. The molecule has 28 heavy (non-hydrogen) atoms. The van der Waals surface area contributed by atoms with Crippen molar-refractivity contribution in [3.63, 3.8) is 0 Å². The second kappa shape index (κ2) is 8.53. The van der Waals surface area contributed by atoms with Crippen molar-refractivity contribution in [2.24, 2.45) is 7.05 Å². The molecule has 1 fully saturated rings. The molecular weight excluding hydrogens is 376 g/mol. The third-order valence-electron chi connectivity index (χ3n) is 4.69. The predicted molar refractivity (Wildman–Crippen MR) is 106 cm³/mol. The molecule has 0 saturated carbocycles. The molecule has 1 aliphatic rings. The van der Waals surface area contributed by atoms with Crippen molar-refractivity contribution in [2.45, 2.75) is 29.7 Å². The van der Waals surface area contributed by atoms with Gasteiger partial charge in [-0.25, -0.2) is 9.67 Å². The van der Waals surface area contributed by atoms with Crippen LogP contribution in [0, 0.1) is 0 Å². The third-order valence-corrected chi connectivity index (χ3v) is 5.64. The first-order valence-corrected chi connectivity index (χ1v) is 10.2. The maximum absolute atomic E-state index is 12.6. The number of aryl methyl sites for hydroxylation is 1. The van der Waals surface area contributed by atoms with Crippen molar-refractivity contribution in [3.8, 4) is 0 Å². The first kappa shape index (κ1) is 18.6. The summed E-state index contributed by atoms with van der Waals surface area (Å²) in [7, 11) is 1.80. The summed E-state index contributed by atoms with van der Waals surface area (Å²) in [6.07, 6.45) is 3.52. The molecule has 9 nitrogen and oxygen atoms in total. The number of H-pyrrole nitrogens is 1. The van der Waals surface area contributed by atoms with E-state index >= 15 is 0 Å². The molecule has 0 spiro atoms. The minimum Gasteiger partial charge on any atom is -0.317 e. The molecule has 0 aliphatic carbocycles. The number of rotatable bonds is 6. The number of nitrogens with one attached hydrogen (secondary N) is 3. The van der Waals surface area contributed by atoms with Crippen LogP contribution in [0.15, 0.2) is 35.7 Å². The second-order valence-corrected chi connectivity index (χ2v) is 7.64. The van der Waals surface area contributed by atoms with E-state index in [1.165, 1.54) is 6.33 Å². The summed E-state index contributed by atoms with van der Waals surface area (Å²) in [6.45, 7) is 1.96. The molecule has 146 valence electrons. The van der Waals surface area contributed by atoms with Gasteiger partial charge >= 0.3 is 0 Å². The van der Waals surface area contributed by atoms with E-state index in [0.29, 0.717) is 17.4 Å². The van der Waals surface area contributed by atoms with Crippen LogP contribution in [0.25, 0.3) is 0 Å². The monoisotopic (exact) mass is 398 g/mol. The maximum atomic E-state index is 12.6. The van der Waals surface area contributed by atoms with Crippen LogP contribution in [0.2, 0.25) is 0 Å². The number of amides is 1. The average Bonchev–Trinajstić information content (AvgIpc) is 3.38. The molecule has 1 amide bonds. The Morgan fingerprint density at radius 1 is 1.29 bits per heavy atom. The molecule has 1 aliphatic heterocycles. The zero-order valence-electron chi connectivity index (χ0n) is 15.6. The average molecular weight is 398 g/mol. The number of piperidine rings is 1. The van der Waals surface area contributed by atoms with E-state index in [2.05, 4.69) is 35.9 Å². The Kier molecular flexibility index (Phi) is 5.68. The quantitative estimate of drug-likeness (QED) is 0.544. The number of aromatic amines is 1. The summed E-state index contributed by atoms with van der Waals surface area (Å²) in [5.41, 5.74) is 1.68. The van der Waals surface area contributed by atoms with Crippen LogP contribution in [0.5, 0.6) is 0 Å². The smallest absolute Gasteiger partial charge is 0.258 e. The Morgan fingerprint density at radius 3 is 2.79 bits per heavy atom. The van der Waals surface area contributed by atoms with Crippen molar-refractivity contribution in [3.05, 3.63) is 47.5 Å². The van der Waals surface area contributed by atoms with Crippen molar-refractivity contribution in [1.82, 2.24) is 35.3 Å². The fraction of sp³-hybridized carbons (Fsp3) is 0.389. The number of carbonyl (C=O) groups is 1. The minimum absolute atomic E-state index is 0.193. The Hall–Kier alpha value is -2.72. The van der Waals surface area contributed by atoms with E-state index < -0.39 is 0 Å². The van der Waals surface area contributed by atoms with Crippen LogP contribution in [0.1, 0.15) is 40.5 Å². The van der Waals surface area contributed by atoms with E-state index in [9.17, 15) is 4.79 Å². The summed E-state index contributed by atoms with van der Waals surface area (Å²) >= 11 is 1.56. The van der Waals surface area contributed by atoms with Gasteiger partial charge in [-0.1, -0.05) is 23.9 Å². The van der Waals surface area contributed by atoms with Gasteiger partial charge in [-0.05, 0) is 43.6 Å². The Morgan fingerprint density at radius 2 is 2.07 bits per heavy atom. The van der Waals surface area contributed by atoms with Gasteiger partial charge in [0.2, 0.25) is 5.95 Å². The summed E-state index contributed by atoms with van der Waals surface area (Å²) < 4.78 is 1.64. The standard InChI is InChI=1S/C18H22N8OS/c1-26-17(22-15(25-26)13-6-8-19-9-7-13)23-16(27)14-4-2-12(3-5-14)10-28-18-20-11-21-24-18/h2-5,11,13,19H,6-10H2,1H3,(H,20,21,24)(H,22,23,25,27). The van der Waals surface area contributed by atoms with E-state index in [0.717, 1.165) is 48.2 Å². The van der Waals surface area contributed by atoms with Gasteiger partial charge < -0.3 is 5.32 Å². The van der Waals surface area contributed by atoms with Gasteiger partial charge in [0.15, 0.2) is 11.0 Å². The van der Waals surface area contributed by atoms with Gasteiger partial charge in [-0.3, -0.25) is 15.2 Å². The SMILES string of the molecule is Cn1nc(C2CCNCC2)nc1NC(=O)c1ccc(CSc2ncn[nH]2)cc1. The molecule has 3 aromatic rings. The summed E-state index contributed by atoms with van der Waals surface area (Å²) in [6, 6.07) is 7.51. The lowest BCUT2D eigenvalue weighted by molar-refractivity contribution is 0.102. The molecule has 1 aromatic carbocycles. The van der Waals surface area contributed by atoms with Gasteiger partial charge in [0.1, 0.15) is 6.33 Å². The van der Waals surface area contributed by atoms with Crippen LogP contribution in [0.4, 0.5) is 5.95 Å². The topological polar surface area (TPSA) is 113 Å². The maximum Gasteiger partial charge on any atom is 0.258 e. The molecule has 0 atom stereocenters. The van der Waals surface area contributed by atoms with Gasteiger partial charge in [-0.2, -0.15) is 15.2 Å². The Bertz CT molecular complexity index is 916. The van der Waals surface area contributed by atoms with Crippen LogP contribution >= 0.6 is 11.8 Å². The van der Waals surface area contributed by atoms with Gasteiger partial charge in [0, 0.05) is 24.3 Å². The molecule has 2 aromatic heterocycles. The second-order valence-electron chi connectivity index (χ2n) is 6.67. The highest BCUT2D eigenvalue weighted by atomic mass is 32.2. The van der Waals surface area contributed by atoms with E-state index in [-0.39, 0.29) is 5.91 Å². The van der Waals surface area contributed by atoms with Crippen LogP contribution in [-0.2, 0) is 12.8 Å². The molecule has 4 rings (SSSR count). The number of nitrogens with zero attached hydrogens (tertiary/aromatic N) is 5. The molecule has 0 bridgehead atoms. The number of thioether (sulfide) groups is 1. The summed E-state index contributed by atoms with van der Waals surface area (Å²) in [5, 5.41) is 18.1. The number of aromatic nitrogens is 6. The Labute approximate surface area is 166 Å². The molecule has 3 N–H and O–H groups in total. The fourth-order valence-electron chi connectivity index (χ4n) is 3.11. The number of hydrogen-bond donors (Lipinski definition) is 3. The third kappa shape index (κ3) is 4.39. The number of anilines is 1. The Balaban J connectivity index is 1.37. The van der Waals surface area contributed by atoms with Crippen molar-refractivity contribution < 1.29 is 4.79 Å². The van der Waals surface area contributed by atoms with Gasteiger partial charge in [-0.15, -0.1) is 0 Å². The highest BCUT2D eigenvalue weighted by Gasteiger charge is 2.21.